The molecule has 1 aliphatic rings. The highest BCUT2D eigenvalue weighted by molar-refractivity contribution is 9.10. The van der Waals surface area contributed by atoms with Crippen LogP contribution in [0.25, 0.3) is 0 Å². The molecule has 0 saturated heterocycles. The molecule has 9 heteroatoms. The minimum absolute atomic E-state index is 0.0287. The number of nitrogens with zero attached hydrogens (tertiary/aromatic N) is 2. The Bertz CT molecular complexity index is 1010. The quantitative estimate of drug-likeness (QED) is 0.464. The van der Waals surface area contributed by atoms with Crippen LogP contribution in [-0.2, 0) is 14.8 Å². The lowest BCUT2D eigenvalue weighted by Crippen LogP contribution is -2.46. The Morgan fingerprint density at radius 2 is 1.80 bits per heavy atom. The van der Waals surface area contributed by atoms with Crippen LogP contribution in [0.2, 0.25) is 0 Å². The van der Waals surface area contributed by atoms with Crippen molar-refractivity contribution >= 4 is 38.1 Å². The van der Waals surface area contributed by atoms with Crippen molar-refractivity contribution in [2.45, 2.75) is 43.0 Å². The molecule has 0 radical (unpaired) electrons. The van der Waals surface area contributed by atoms with Gasteiger partial charge in [0.05, 0.1) is 17.7 Å². The highest BCUT2D eigenvalue weighted by Gasteiger charge is 2.33. The molecule has 1 amide bonds. The molecule has 2 aromatic carbocycles. The van der Waals surface area contributed by atoms with Gasteiger partial charge in [0, 0.05) is 16.1 Å². The van der Waals surface area contributed by atoms with Crippen LogP contribution < -0.4 is 5.43 Å². The van der Waals surface area contributed by atoms with Crippen LogP contribution in [0.3, 0.4) is 0 Å². The Kier molecular flexibility index (Phi) is 7.74. The van der Waals surface area contributed by atoms with Crippen LogP contribution in [0.15, 0.2) is 63.0 Å². The Hall–Kier alpha value is -2.10. The maximum Gasteiger partial charge on any atom is 0.255 e. The van der Waals surface area contributed by atoms with Gasteiger partial charge in [0.15, 0.2) is 0 Å². The van der Waals surface area contributed by atoms with Crippen molar-refractivity contribution < 1.29 is 17.6 Å². The molecule has 6 nitrogen and oxygen atoms in total. The van der Waals surface area contributed by atoms with Gasteiger partial charge in [-0.05, 0) is 43.2 Å². The SMILES string of the molecule is O=C(CN(C1CCCCC1)S(=O)(=O)c1ccc(F)cc1)N/N=C\c1ccccc1Br. The molecule has 0 spiro atoms. The highest BCUT2D eigenvalue weighted by Crippen LogP contribution is 2.27. The fraction of sp³-hybridized carbons (Fsp3) is 0.333. The van der Waals surface area contributed by atoms with E-state index in [4.69, 9.17) is 0 Å². The van der Waals surface area contributed by atoms with Crippen molar-refractivity contribution in [3.05, 3.63) is 64.4 Å². The number of hydrazone groups is 1. The minimum Gasteiger partial charge on any atom is -0.272 e. The molecule has 1 aliphatic carbocycles. The zero-order valence-corrected chi connectivity index (χ0v) is 18.7. The van der Waals surface area contributed by atoms with Crippen molar-refractivity contribution in [2.75, 3.05) is 6.54 Å². The van der Waals surface area contributed by atoms with Gasteiger partial charge in [0.1, 0.15) is 5.82 Å². The number of carbonyl (C=O) groups excluding carboxylic acids is 1. The number of hydrogen-bond donors (Lipinski definition) is 1. The number of carbonyl (C=O) groups is 1. The van der Waals surface area contributed by atoms with Gasteiger partial charge < -0.3 is 0 Å². The van der Waals surface area contributed by atoms with E-state index in [9.17, 15) is 17.6 Å². The largest absolute Gasteiger partial charge is 0.272 e. The zero-order valence-electron chi connectivity index (χ0n) is 16.3. The van der Waals surface area contributed by atoms with Crippen LogP contribution in [0.5, 0.6) is 0 Å². The van der Waals surface area contributed by atoms with Crippen molar-refractivity contribution in [1.82, 2.24) is 9.73 Å². The van der Waals surface area contributed by atoms with E-state index in [0.29, 0.717) is 12.8 Å². The maximum absolute atomic E-state index is 13.3. The Labute approximate surface area is 184 Å². The molecule has 3 rings (SSSR count). The number of amides is 1. The van der Waals surface area contributed by atoms with Gasteiger partial charge in [-0.2, -0.15) is 9.41 Å². The van der Waals surface area contributed by atoms with Crippen molar-refractivity contribution in [3.8, 4) is 0 Å². The summed E-state index contributed by atoms with van der Waals surface area (Å²) < 4.78 is 41.7. The van der Waals surface area contributed by atoms with Gasteiger partial charge in [-0.15, -0.1) is 0 Å². The van der Waals surface area contributed by atoms with Crippen molar-refractivity contribution in [1.29, 1.82) is 0 Å². The summed E-state index contributed by atoms with van der Waals surface area (Å²) in [7, 11) is -3.95. The first kappa shape index (κ1) is 22.6. The van der Waals surface area contributed by atoms with Gasteiger partial charge in [-0.25, -0.2) is 18.2 Å². The second-order valence-corrected chi connectivity index (χ2v) is 9.86. The summed E-state index contributed by atoms with van der Waals surface area (Å²) in [6.07, 6.45) is 5.72. The van der Waals surface area contributed by atoms with Crippen molar-refractivity contribution in [2.24, 2.45) is 5.10 Å². The van der Waals surface area contributed by atoms with Gasteiger partial charge in [0.25, 0.3) is 5.91 Å². The molecule has 1 N–H and O–H groups in total. The molecule has 0 bridgehead atoms. The lowest BCUT2D eigenvalue weighted by Gasteiger charge is -2.32. The fourth-order valence-electron chi connectivity index (χ4n) is 3.45. The first-order valence-corrected chi connectivity index (χ1v) is 11.9. The van der Waals surface area contributed by atoms with E-state index in [-0.39, 0.29) is 17.5 Å². The Morgan fingerprint density at radius 1 is 1.13 bits per heavy atom. The van der Waals surface area contributed by atoms with Crippen LogP contribution in [0, 0.1) is 5.82 Å². The van der Waals surface area contributed by atoms with E-state index < -0.39 is 21.7 Å². The predicted molar refractivity (Wildman–Crippen MR) is 117 cm³/mol. The monoisotopic (exact) mass is 495 g/mol. The lowest BCUT2D eigenvalue weighted by atomic mass is 9.95. The molecule has 2 aromatic rings. The topological polar surface area (TPSA) is 78.8 Å². The molecule has 0 aliphatic heterocycles. The number of hydrogen-bond acceptors (Lipinski definition) is 4. The third-order valence-corrected chi connectivity index (χ3v) is 7.63. The van der Waals surface area contributed by atoms with E-state index in [1.54, 1.807) is 0 Å². The molecule has 30 heavy (non-hydrogen) atoms. The molecule has 1 fully saturated rings. The third kappa shape index (κ3) is 5.74. The fourth-order valence-corrected chi connectivity index (χ4v) is 5.48. The Balaban J connectivity index is 1.76. The highest BCUT2D eigenvalue weighted by atomic mass is 79.9. The molecular formula is C21H23BrFN3O3S. The average molecular weight is 496 g/mol. The number of halogens is 2. The van der Waals surface area contributed by atoms with E-state index in [0.717, 1.165) is 41.4 Å². The molecule has 0 unspecified atom stereocenters. The minimum atomic E-state index is -3.95. The summed E-state index contributed by atoms with van der Waals surface area (Å²) in [5, 5.41) is 3.94. The number of benzene rings is 2. The summed E-state index contributed by atoms with van der Waals surface area (Å²) >= 11 is 3.39. The molecule has 0 aromatic heterocycles. The van der Waals surface area contributed by atoms with Gasteiger partial charge in [-0.1, -0.05) is 53.4 Å². The summed E-state index contributed by atoms with van der Waals surface area (Å²) in [6.45, 7) is -0.350. The third-order valence-electron chi connectivity index (χ3n) is 5.00. The zero-order chi connectivity index (χ0) is 21.6. The number of rotatable bonds is 7. The van der Waals surface area contributed by atoms with Gasteiger partial charge in [0.2, 0.25) is 10.0 Å². The second-order valence-electron chi connectivity index (χ2n) is 7.11. The van der Waals surface area contributed by atoms with Gasteiger partial charge >= 0.3 is 0 Å². The number of sulfonamides is 1. The van der Waals surface area contributed by atoms with Gasteiger partial charge in [-0.3, -0.25) is 4.79 Å². The summed E-state index contributed by atoms with van der Waals surface area (Å²) in [5.74, 6) is -1.05. The summed E-state index contributed by atoms with van der Waals surface area (Å²) in [5.41, 5.74) is 3.18. The van der Waals surface area contributed by atoms with E-state index in [1.807, 2.05) is 24.3 Å². The van der Waals surface area contributed by atoms with E-state index in [1.165, 1.54) is 22.7 Å². The molecule has 1 saturated carbocycles. The maximum atomic E-state index is 13.3. The molecular weight excluding hydrogens is 473 g/mol. The molecule has 0 atom stereocenters. The van der Waals surface area contributed by atoms with E-state index in [2.05, 4.69) is 26.5 Å². The normalized spacial score (nSPS) is 15.6. The smallest absolute Gasteiger partial charge is 0.255 e. The summed E-state index contributed by atoms with van der Waals surface area (Å²) in [6, 6.07) is 11.8. The molecule has 160 valence electrons. The Morgan fingerprint density at radius 3 is 2.47 bits per heavy atom. The average Bonchev–Trinajstić information content (AvgIpc) is 2.74. The standard InChI is InChI=1S/C21H23BrFN3O3S/c22-20-9-5-4-6-16(20)14-24-25-21(27)15-26(18-7-2-1-3-8-18)30(28,29)19-12-10-17(23)11-13-19/h4-6,9-14,18H,1-3,7-8,15H2,(H,25,27)/b24-14-. The van der Waals surface area contributed by atoms with E-state index >= 15 is 0 Å². The second kappa shape index (κ2) is 10.3. The molecule has 0 heterocycles. The van der Waals surface area contributed by atoms with Crippen LogP contribution >= 0.6 is 15.9 Å². The van der Waals surface area contributed by atoms with Crippen molar-refractivity contribution in [3.63, 3.8) is 0 Å². The number of nitrogens with one attached hydrogen (secondary N) is 1. The lowest BCUT2D eigenvalue weighted by molar-refractivity contribution is -0.121. The first-order valence-electron chi connectivity index (χ1n) is 9.72. The predicted octanol–water partition coefficient (Wildman–Crippen LogP) is 4.06. The van der Waals surface area contributed by atoms with Crippen LogP contribution in [0.1, 0.15) is 37.7 Å². The van der Waals surface area contributed by atoms with Crippen LogP contribution in [-0.4, -0.2) is 37.4 Å². The van der Waals surface area contributed by atoms with Crippen LogP contribution in [0.4, 0.5) is 4.39 Å². The first-order chi connectivity index (χ1) is 14.4. The summed E-state index contributed by atoms with van der Waals surface area (Å²) in [4.78, 5) is 12.5.